The molecular formula is C32H27Cl2N3O2S. The van der Waals surface area contributed by atoms with Crippen LogP contribution in [0.1, 0.15) is 50.3 Å². The number of halogens is 2. The average Bonchev–Trinajstić information content (AvgIpc) is 3.45. The summed E-state index contributed by atoms with van der Waals surface area (Å²) in [5.41, 5.74) is 3.84. The zero-order chi connectivity index (χ0) is 27.4. The summed E-state index contributed by atoms with van der Waals surface area (Å²) in [6, 6.07) is 23.2. The predicted molar refractivity (Wildman–Crippen MR) is 162 cm³/mol. The molecular weight excluding hydrogens is 561 g/mol. The Labute approximate surface area is 247 Å². The van der Waals surface area contributed by atoms with Crippen LogP contribution in [-0.2, 0) is 36.3 Å². The molecule has 202 valence electrons. The number of carbonyl (C=O) groups is 2. The van der Waals surface area contributed by atoms with Crippen LogP contribution in [0.3, 0.4) is 0 Å². The van der Waals surface area contributed by atoms with E-state index in [4.69, 9.17) is 23.2 Å². The van der Waals surface area contributed by atoms with Crippen LogP contribution in [0.25, 0.3) is 0 Å². The quantitative estimate of drug-likeness (QED) is 0.264. The molecule has 0 bridgehead atoms. The van der Waals surface area contributed by atoms with E-state index in [9.17, 15) is 9.59 Å². The van der Waals surface area contributed by atoms with Gasteiger partial charge in [-0.05, 0) is 61.4 Å². The molecule has 0 unspecified atom stereocenters. The molecule has 40 heavy (non-hydrogen) atoms. The third kappa shape index (κ3) is 3.88. The Morgan fingerprint density at radius 1 is 0.875 bits per heavy atom. The van der Waals surface area contributed by atoms with E-state index >= 15 is 0 Å². The molecule has 3 aromatic carbocycles. The molecule has 1 N–H and O–H groups in total. The Hall–Kier alpha value is -3.32. The van der Waals surface area contributed by atoms with Crippen molar-refractivity contribution in [2.75, 3.05) is 16.8 Å². The summed E-state index contributed by atoms with van der Waals surface area (Å²) in [6.45, 7) is 0.590. The lowest BCUT2D eigenvalue weighted by molar-refractivity contribution is -0.127. The van der Waals surface area contributed by atoms with Crippen molar-refractivity contribution in [2.45, 2.75) is 44.3 Å². The van der Waals surface area contributed by atoms with Gasteiger partial charge in [0.25, 0.3) is 11.8 Å². The second-order valence-electron chi connectivity index (χ2n) is 10.6. The van der Waals surface area contributed by atoms with Crippen molar-refractivity contribution in [3.8, 4) is 0 Å². The number of benzene rings is 3. The molecule has 5 nitrogen and oxygen atoms in total. The molecule has 1 aliphatic carbocycles. The Morgan fingerprint density at radius 3 is 2.40 bits per heavy atom. The largest absolute Gasteiger partial charge is 0.342 e. The standard InChI is InChI=1S/C32H27Cl2N3O2S/c33-24-13-8-14-25(34)22(24)19-36-26-15-6-5-12-23(26)32(31(36)39)35-29-28(21-11-4-7-16-27(21)40-29)30(38)37(32)18-17-20-9-2-1-3-10-20/h1-3,5-6,8-10,12-15,35H,4,7,11,16-19H2/t32-/m0/s1. The van der Waals surface area contributed by atoms with Crippen LogP contribution in [0.4, 0.5) is 10.7 Å². The lowest BCUT2D eigenvalue weighted by Crippen LogP contribution is -2.62. The van der Waals surface area contributed by atoms with Crippen LogP contribution >= 0.6 is 34.5 Å². The fourth-order valence-electron chi connectivity index (χ4n) is 6.37. The van der Waals surface area contributed by atoms with Crippen molar-refractivity contribution < 1.29 is 9.59 Å². The van der Waals surface area contributed by atoms with E-state index in [0.29, 0.717) is 28.6 Å². The number of nitrogens with zero attached hydrogens (tertiary/aromatic N) is 2. The number of anilines is 2. The van der Waals surface area contributed by atoms with Gasteiger partial charge >= 0.3 is 0 Å². The first-order valence-corrected chi connectivity index (χ1v) is 15.2. The highest BCUT2D eigenvalue weighted by Gasteiger charge is 2.59. The smallest absolute Gasteiger partial charge is 0.279 e. The molecule has 7 rings (SSSR count). The molecule has 0 saturated carbocycles. The third-order valence-electron chi connectivity index (χ3n) is 8.31. The number of aryl methyl sites for hydroxylation is 1. The Kier molecular flexibility index (Phi) is 6.38. The normalized spacial score (nSPS) is 19.4. The summed E-state index contributed by atoms with van der Waals surface area (Å²) in [4.78, 5) is 34.1. The van der Waals surface area contributed by atoms with Crippen molar-refractivity contribution in [3.05, 3.63) is 116 Å². The molecule has 1 spiro atoms. The van der Waals surface area contributed by atoms with Crippen LogP contribution in [0.2, 0.25) is 10.0 Å². The maximum atomic E-state index is 14.8. The molecule has 0 fully saturated rings. The van der Waals surface area contributed by atoms with Crippen molar-refractivity contribution in [2.24, 2.45) is 0 Å². The Balaban J connectivity index is 1.38. The average molecular weight is 589 g/mol. The zero-order valence-corrected chi connectivity index (χ0v) is 24.1. The lowest BCUT2D eigenvalue weighted by Gasteiger charge is -2.44. The highest BCUT2D eigenvalue weighted by atomic mass is 35.5. The van der Waals surface area contributed by atoms with Gasteiger partial charge in [0.15, 0.2) is 0 Å². The molecule has 8 heteroatoms. The summed E-state index contributed by atoms with van der Waals surface area (Å²) in [7, 11) is 0. The molecule has 1 atom stereocenters. The van der Waals surface area contributed by atoms with Crippen molar-refractivity contribution in [3.63, 3.8) is 0 Å². The predicted octanol–water partition coefficient (Wildman–Crippen LogP) is 7.44. The van der Waals surface area contributed by atoms with Gasteiger partial charge in [0.05, 0.1) is 17.8 Å². The maximum absolute atomic E-state index is 14.8. The Morgan fingerprint density at radius 2 is 1.60 bits per heavy atom. The van der Waals surface area contributed by atoms with Gasteiger partial charge in [0, 0.05) is 32.6 Å². The number of fused-ring (bicyclic) bond motifs is 5. The van der Waals surface area contributed by atoms with Crippen molar-refractivity contribution >= 4 is 57.0 Å². The number of hydrogen-bond acceptors (Lipinski definition) is 4. The van der Waals surface area contributed by atoms with Gasteiger partial charge in [-0.25, -0.2) is 0 Å². The lowest BCUT2D eigenvalue weighted by atomic mass is 9.90. The van der Waals surface area contributed by atoms with Crippen LogP contribution in [0.5, 0.6) is 0 Å². The van der Waals surface area contributed by atoms with E-state index < -0.39 is 5.66 Å². The van der Waals surface area contributed by atoms with E-state index in [0.717, 1.165) is 58.6 Å². The van der Waals surface area contributed by atoms with Crippen LogP contribution in [0, 0.1) is 0 Å². The summed E-state index contributed by atoms with van der Waals surface area (Å²) in [5, 5.41) is 5.46. The van der Waals surface area contributed by atoms with Gasteiger partial charge in [0.2, 0.25) is 5.66 Å². The fraction of sp³-hybridized carbons (Fsp3) is 0.250. The first-order chi connectivity index (χ1) is 19.5. The molecule has 2 amide bonds. The van der Waals surface area contributed by atoms with E-state index in [1.165, 1.54) is 4.88 Å². The zero-order valence-electron chi connectivity index (χ0n) is 21.8. The second-order valence-corrected chi connectivity index (χ2v) is 12.5. The molecule has 4 aromatic rings. The number of nitrogens with one attached hydrogen (secondary N) is 1. The summed E-state index contributed by atoms with van der Waals surface area (Å²) < 4.78 is 0. The second kappa shape index (κ2) is 9.95. The van der Waals surface area contributed by atoms with Crippen LogP contribution < -0.4 is 10.2 Å². The van der Waals surface area contributed by atoms with Crippen LogP contribution in [0.15, 0.2) is 72.8 Å². The van der Waals surface area contributed by atoms with Crippen molar-refractivity contribution in [1.82, 2.24) is 4.90 Å². The maximum Gasteiger partial charge on any atom is 0.279 e. The summed E-state index contributed by atoms with van der Waals surface area (Å²) in [6.07, 6.45) is 4.70. The van der Waals surface area contributed by atoms with Crippen molar-refractivity contribution in [1.29, 1.82) is 0 Å². The summed E-state index contributed by atoms with van der Waals surface area (Å²) >= 11 is 14.7. The first kappa shape index (κ1) is 25.6. The third-order valence-corrected chi connectivity index (χ3v) is 10.2. The minimum absolute atomic E-state index is 0.0788. The summed E-state index contributed by atoms with van der Waals surface area (Å²) in [5.74, 6) is -0.284. The number of rotatable bonds is 5. The first-order valence-electron chi connectivity index (χ1n) is 13.6. The molecule has 0 radical (unpaired) electrons. The monoisotopic (exact) mass is 587 g/mol. The Bertz CT molecular complexity index is 1630. The molecule has 3 aliphatic rings. The SMILES string of the molecule is O=C1c2c(sc3c2CCCC3)N[C@]2(C(=O)N(Cc3c(Cl)cccc3Cl)c3ccccc32)N1CCc1ccccc1. The minimum atomic E-state index is -1.36. The van der Waals surface area contributed by atoms with Gasteiger partial charge in [-0.15, -0.1) is 11.3 Å². The highest BCUT2D eigenvalue weighted by molar-refractivity contribution is 7.16. The van der Waals surface area contributed by atoms with E-state index in [1.54, 1.807) is 39.3 Å². The van der Waals surface area contributed by atoms with Gasteiger partial charge in [-0.2, -0.15) is 0 Å². The molecule has 2 aliphatic heterocycles. The van der Waals surface area contributed by atoms with E-state index in [2.05, 4.69) is 17.4 Å². The van der Waals surface area contributed by atoms with Gasteiger partial charge in [0.1, 0.15) is 5.00 Å². The highest BCUT2D eigenvalue weighted by Crippen LogP contribution is 2.52. The number of thiophene rings is 1. The van der Waals surface area contributed by atoms with E-state index in [1.807, 2.05) is 42.5 Å². The van der Waals surface area contributed by atoms with E-state index in [-0.39, 0.29) is 18.4 Å². The van der Waals surface area contributed by atoms with Gasteiger partial charge < -0.3 is 15.1 Å². The van der Waals surface area contributed by atoms with Gasteiger partial charge in [-0.3, -0.25) is 9.59 Å². The fourth-order valence-corrected chi connectivity index (χ4v) is 8.22. The number of para-hydroxylation sites is 1. The topological polar surface area (TPSA) is 52.7 Å². The minimum Gasteiger partial charge on any atom is -0.342 e. The number of amides is 2. The number of carbonyl (C=O) groups excluding carboxylic acids is 2. The molecule has 3 heterocycles. The molecule has 0 saturated heterocycles. The van der Waals surface area contributed by atoms with Crippen LogP contribution in [-0.4, -0.2) is 23.3 Å². The number of hydrogen-bond donors (Lipinski definition) is 1. The van der Waals surface area contributed by atoms with Gasteiger partial charge in [-0.1, -0.05) is 77.8 Å². The molecule has 1 aromatic heterocycles.